The van der Waals surface area contributed by atoms with Crippen molar-refractivity contribution in [3.63, 3.8) is 0 Å². The molecule has 3 heteroatoms. The standard InChI is InChI=1S/C16H26N2O/c1-13(14-3-5-15(17)6-4-14)7-10-18-11-8-16(19-2)9-12-18/h3-6,13,16H,7-12,17H2,1-2H3. The summed E-state index contributed by atoms with van der Waals surface area (Å²) in [5, 5.41) is 0. The van der Waals surface area contributed by atoms with Crippen LogP contribution in [0.25, 0.3) is 0 Å². The van der Waals surface area contributed by atoms with Crippen molar-refractivity contribution in [2.75, 3.05) is 32.5 Å². The Morgan fingerprint density at radius 2 is 1.89 bits per heavy atom. The first kappa shape index (κ1) is 14.4. The number of anilines is 1. The van der Waals surface area contributed by atoms with Gasteiger partial charge in [0.1, 0.15) is 0 Å². The molecule has 1 aromatic carbocycles. The molecule has 106 valence electrons. The molecule has 0 radical (unpaired) electrons. The van der Waals surface area contributed by atoms with Gasteiger partial charge in [0.2, 0.25) is 0 Å². The third kappa shape index (κ3) is 4.22. The molecule has 0 bridgehead atoms. The van der Waals surface area contributed by atoms with Crippen LogP contribution in [0.15, 0.2) is 24.3 Å². The van der Waals surface area contributed by atoms with Gasteiger partial charge in [-0.15, -0.1) is 0 Å². The van der Waals surface area contributed by atoms with Gasteiger partial charge in [-0.3, -0.25) is 0 Å². The van der Waals surface area contributed by atoms with Crippen molar-refractivity contribution in [1.82, 2.24) is 4.90 Å². The molecule has 0 aromatic heterocycles. The van der Waals surface area contributed by atoms with Gasteiger partial charge in [-0.25, -0.2) is 0 Å². The number of nitrogens with zero attached hydrogens (tertiary/aromatic N) is 1. The van der Waals surface area contributed by atoms with E-state index < -0.39 is 0 Å². The van der Waals surface area contributed by atoms with Crippen LogP contribution in [-0.2, 0) is 4.74 Å². The van der Waals surface area contributed by atoms with Gasteiger partial charge >= 0.3 is 0 Å². The van der Waals surface area contributed by atoms with Gasteiger partial charge in [0.05, 0.1) is 6.10 Å². The lowest BCUT2D eigenvalue weighted by Crippen LogP contribution is -2.37. The molecule has 0 spiro atoms. The highest BCUT2D eigenvalue weighted by atomic mass is 16.5. The zero-order chi connectivity index (χ0) is 13.7. The van der Waals surface area contributed by atoms with Crippen molar-refractivity contribution in [3.05, 3.63) is 29.8 Å². The third-order valence-corrected chi connectivity index (χ3v) is 4.25. The normalized spacial score (nSPS) is 19.5. The van der Waals surface area contributed by atoms with Crippen LogP contribution in [0.2, 0.25) is 0 Å². The molecule has 1 fully saturated rings. The molecule has 1 heterocycles. The molecule has 0 aliphatic carbocycles. The maximum atomic E-state index is 5.72. The maximum Gasteiger partial charge on any atom is 0.0595 e. The second kappa shape index (κ2) is 6.92. The predicted octanol–water partition coefficient (Wildman–Crippen LogP) is 2.87. The fourth-order valence-electron chi connectivity index (χ4n) is 2.74. The molecule has 1 saturated heterocycles. The Bertz CT molecular complexity index is 369. The van der Waals surface area contributed by atoms with Crippen LogP contribution in [0.1, 0.15) is 37.7 Å². The molecule has 1 aromatic rings. The van der Waals surface area contributed by atoms with E-state index in [1.165, 1.54) is 44.5 Å². The highest BCUT2D eigenvalue weighted by Crippen LogP contribution is 2.21. The lowest BCUT2D eigenvalue weighted by atomic mass is 9.97. The SMILES string of the molecule is COC1CCN(CCC(C)c2ccc(N)cc2)CC1. The van der Waals surface area contributed by atoms with E-state index in [0.717, 1.165) is 5.69 Å². The lowest BCUT2D eigenvalue weighted by molar-refractivity contribution is 0.0404. The lowest BCUT2D eigenvalue weighted by Gasteiger charge is -2.31. The Labute approximate surface area is 116 Å². The van der Waals surface area contributed by atoms with Crippen molar-refractivity contribution in [3.8, 4) is 0 Å². The van der Waals surface area contributed by atoms with Gasteiger partial charge in [0.15, 0.2) is 0 Å². The van der Waals surface area contributed by atoms with Gasteiger partial charge in [-0.05, 0) is 49.4 Å². The summed E-state index contributed by atoms with van der Waals surface area (Å²) in [6, 6.07) is 8.29. The molecule has 19 heavy (non-hydrogen) atoms. The van der Waals surface area contributed by atoms with Crippen molar-refractivity contribution in [2.45, 2.75) is 38.2 Å². The Morgan fingerprint density at radius 1 is 1.26 bits per heavy atom. The first-order valence-corrected chi connectivity index (χ1v) is 7.29. The summed E-state index contributed by atoms with van der Waals surface area (Å²) >= 11 is 0. The van der Waals surface area contributed by atoms with E-state index in [1.54, 1.807) is 0 Å². The molecule has 1 aliphatic heterocycles. The number of nitrogen functional groups attached to an aromatic ring is 1. The van der Waals surface area contributed by atoms with Crippen molar-refractivity contribution >= 4 is 5.69 Å². The summed E-state index contributed by atoms with van der Waals surface area (Å²) in [4.78, 5) is 2.56. The van der Waals surface area contributed by atoms with Gasteiger partial charge < -0.3 is 15.4 Å². The van der Waals surface area contributed by atoms with Crippen LogP contribution < -0.4 is 5.73 Å². The van der Waals surface area contributed by atoms with Gasteiger partial charge in [0.25, 0.3) is 0 Å². The number of piperidine rings is 1. The van der Waals surface area contributed by atoms with Crippen LogP contribution in [0.5, 0.6) is 0 Å². The molecular weight excluding hydrogens is 236 g/mol. The van der Waals surface area contributed by atoms with Crippen LogP contribution in [0.3, 0.4) is 0 Å². The molecule has 1 unspecified atom stereocenters. The van der Waals surface area contributed by atoms with Crippen molar-refractivity contribution < 1.29 is 4.74 Å². The topological polar surface area (TPSA) is 38.5 Å². The minimum atomic E-state index is 0.478. The maximum absolute atomic E-state index is 5.72. The number of ether oxygens (including phenoxy) is 1. The zero-order valence-electron chi connectivity index (χ0n) is 12.1. The molecule has 0 saturated carbocycles. The van der Waals surface area contributed by atoms with Gasteiger partial charge in [0, 0.05) is 25.9 Å². The van der Waals surface area contributed by atoms with E-state index in [0.29, 0.717) is 12.0 Å². The van der Waals surface area contributed by atoms with Gasteiger partial charge in [-0.2, -0.15) is 0 Å². The quantitative estimate of drug-likeness (QED) is 0.829. The monoisotopic (exact) mass is 262 g/mol. The number of rotatable bonds is 5. The number of hydrogen-bond donors (Lipinski definition) is 1. The molecular formula is C16H26N2O. The van der Waals surface area contributed by atoms with E-state index in [2.05, 4.69) is 24.0 Å². The predicted molar refractivity (Wildman–Crippen MR) is 80.4 cm³/mol. The van der Waals surface area contributed by atoms with Crippen LogP contribution in [0, 0.1) is 0 Å². The average molecular weight is 262 g/mol. The minimum Gasteiger partial charge on any atom is -0.399 e. The summed E-state index contributed by atoms with van der Waals surface area (Å²) in [7, 11) is 1.82. The highest BCUT2D eigenvalue weighted by Gasteiger charge is 2.18. The third-order valence-electron chi connectivity index (χ3n) is 4.25. The summed E-state index contributed by atoms with van der Waals surface area (Å²) in [5.41, 5.74) is 7.96. The van der Waals surface area contributed by atoms with E-state index >= 15 is 0 Å². The van der Waals surface area contributed by atoms with Crippen molar-refractivity contribution in [2.24, 2.45) is 0 Å². The van der Waals surface area contributed by atoms with Crippen molar-refractivity contribution in [1.29, 1.82) is 0 Å². The molecule has 2 rings (SSSR count). The first-order chi connectivity index (χ1) is 9.19. The number of methoxy groups -OCH3 is 1. The average Bonchev–Trinajstić information content (AvgIpc) is 2.46. The zero-order valence-corrected chi connectivity index (χ0v) is 12.1. The van der Waals surface area contributed by atoms with Gasteiger partial charge in [-0.1, -0.05) is 19.1 Å². The van der Waals surface area contributed by atoms with E-state index in [4.69, 9.17) is 10.5 Å². The Morgan fingerprint density at radius 3 is 2.47 bits per heavy atom. The second-order valence-corrected chi connectivity index (χ2v) is 5.63. The Hall–Kier alpha value is -1.06. The van der Waals surface area contributed by atoms with E-state index in [1.807, 2.05) is 19.2 Å². The van der Waals surface area contributed by atoms with Crippen LogP contribution in [0.4, 0.5) is 5.69 Å². The molecule has 1 atom stereocenters. The fourth-order valence-corrected chi connectivity index (χ4v) is 2.74. The summed E-state index contributed by atoms with van der Waals surface area (Å²) in [6.07, 6.45) is 4.03. The smallest absolute Gasteiger partial charge is 0.0595 e. The highest BCUT2D eigenvalue weighted by molar-refractivity contribution is 5.40. The summed E-state index contributed by atoms with van der Waals surface area (Å²) in [6.45, 7) is 5.83. The Balaban J connectivity index is 1.75. The Kier molecular flexibility index (Phi) is 5.23. The van der Waals surface area contributed by atoms with E-state index in [9.17, 15) is 0 Å². The summed E-state index contributed by atoms with van der Waals surface area (Å²) < 4.78 is 5.41. The minimum absolute atomic E-state index is 0.478. The fraction of sp³-hybridized carbons (Fsp3) is 0.625. The first-order valence-electron chi connectivity index (χ1n) is 7.29. The number of hydrogen-bond acceptors (Lipinski definition) is 3. The van der Waals surface area contributed by atoms with E-state index in [-0.39, 0.29) is 0 Å². The van der Waals surface area contributed by atoms with Crippen LogP contribution in [-0.4, -0.2) is 37.7 Å². The number of nitrogens with two attached hydrogens (primary N) is 1. The second-order valence-electron chi connectivity index (χ2n) is 5.63. The number of benzene rings is 1. The molecule has 2 N–H and O–H groups in total. The number of likely N-dealkylation sites (tertiary alicyclic amines) is 1. The summed E-state index contributed by atoms with van der Waals surface area (Å²) in [5.74, 6) is 0.598. The largest absolute Gasteiger partial charge is 0.399 e. The molecule has 0 amide bonds. The van der Waals surface area contributed by atoms with Crippen LogP contribution >= 0.6 is 0 Å². The molecule has 1 aliphatic rings. The molecule has 3 nitrogen and oxygen atoms in total.